The maximum atomic E-state index is 9.61. The first kappa shape index (κ1) is 12.4. The summed E-state index contributed by atoms with van der Waals surface area (Å²) in [6.07, 6.45) is 1.91. The molecule has 1 aromatic rings. The van der Waals surface area contributed by atoms with Crippen LogP contribution in [0.15, 0.2) is 24.3 Å². The Balaban J connectivity index is 2.29. The fourth-order valence-electron chi connectivity index (χ4n) is 2.45. The minimum absolute atomic E-state index is 0.233. The van der Waals surface area contributed by atoms with Crippen LogP contribution in [-0.2, 0) is 10.3 Å². The molecule has 2 rings (SSSR count). The Labute approximate surface area is 103 Å². The fraction of sp³-hybridized carbons (Fsp3) is 0.571. The zero-order chi connectivity index (χ0) is 12.3. The summed E-state index contributed by atoms with van der Waals surface area (Å²) in [6, 6.07) is 7.47. The normalized spacial score (nSPS) is 26.7. The molecule has 94 valence electrons. The molecule has 3 nitrogen and oxygen atoms in total. The minimum atomic E-state index is -0.233. The second kappa shape index (κ2) is 5.07. The topological polar surface area (TPSA) is 32.7 Å². The third kappa shape index (κ3) is 2.61. The van der Waals surface area contributed by atoms with Gasteiger partial charge in [0.1, 0.15) is 5.75 Å². The quantitative estimate of drug-likeness (QED) is 0.854. The third-order valence-electron chi connectivity index (χ3n) is 3.69. The van der Waals surface area contributed by atoms with E-state index in [9.17, 15) is 5.11 Å². The lowest BCUT2D eigenvalue weighted by molar-refractivity contribution is -0.0464. The molecule has 0 bridgehead atoms. The molecule has 1 aliphatic rings. The Bertz CT molecular complexity index is 380. The van der Waals surface area contributed by atoms with Crippen molar-refractivity contribution in [3.05, 3.63) is 29.8 Å². The van der Waals surface area contributed by atoms with E-state index in [1.165, 1.54) is 0 Å². The van der Waals surface area contributed by atoms with E-state index in [1.54, 1.807) is 6.07 Å². The van der Waals surface area contributed by atoms with Crippen molar-refractivity contribution in [2.75, 3.05) is 26.7 Å². The lowest BCUT2D eigenvalue weighted by atomic mass is 9.87. The summed E-state index contributed by atoms with van der Waals surface area (Å²) in [5.74, 6) is 0.316. The first-order valence-electron chi connectivity index (χ1n) is 6.28. The van der Waals surface area contributed by atoms with Gasteiger partial charge in [-0.1, -0.05) is 19.1 Å². The van der Waals surface area contributed by atoms with Gasteiger partial charge in [-0.25, -0.2) is 0 Å². The van der Waals surface area contributed by atoms with Gasteiger partial charge in [0.25, 0.3) is 0 Å². The Morgan fingerprint density at radius 1 is 1.41 bits per heavy atom. The van der Waals surface area contributed by atoms with Crippen LogP contribution in [0, 0.1) is 0 Å². The van der Waals surface area contributed by atoms with Crippen LogP contribution in [0.1, 0.15) is 25.3 Å². The zero-order valence-electron chi connectivity index (χ0n) is 10.6. The predicted octanol–water partition coefficient (Wildman–Crippen LogP) is 2.35. The standard InChI is InChI=1S/C14H21NO2/c1-3-14(7-8-15(2)9-10-17-14)12-5-4-6-13(16)11-12/h4-6,11,16H,3,7-10H2,1-2H3. The summed E-state index contributed by atoms with van der Waals surface area (Å²) >= 11 is 0. The highest BCUT2D eigenvalue weighted by atomic mass is 16.5. The third-order valence-corrected chi connectivity index (χ3v) is 3.69. The van der Waals surface area contributed by atoms with Crippen molar-refractivity contribution in [2.45, 2.75) is 25.4 Å². The summed E-state index contributed by atoms with van der Waals surface area (Å²) in [6.45, 7) is 4.90. The van der Waals surface area contributed by atoms with Crippen LogP contribution in [0.5, 0.6) is 5.75 Å². The van der Waals surface area contributed by atoms with Crippen molar-refractivity contribution < 1.29 is 9.84 Å². The van der Waals surface area contributed by atoms with Crippen LogP contribution in [0.4, 0.5) is 0 Å². The van der Waals surface area contributed by atoms with Gasteiger partial charge in [-0.2, -0.15) is 0 Å². The largest absolute Gasteiger partial charge is 0.508 e. The Hall–Kier alpha value is -1.06. The second-order valence-electron chi connectivity index (χ2n) is 4.80. The van der Waals surface area contributed by atoms with E-state index in [-0.39, 0.29) is 5.60 Å². The van der Waals surface area contributed by atoms with Crippen molar-refractivity contribution in [3.8, 4) is 5.75 Å². The molecule has 1 aromatic carbocycles. The number of hydrogen-bond acceptors (Lipinski definition) is 3. The number of nitrogens with zero attached hydrogens (tertiary/aromatic N) is 1. The maximum Gasteiger partial charge on any atom is 0.115 e. The first-order chi connectivity index (χ1) is 8.16. The Morgan fingerprint density at radius 3 is 2.94 bits per heavy atom. The molecule has 1 fully saturated rings. The first-order valence-corrected chi connectivity index (χ1v) is 6.28. The highest BCUT2D eigenvalue weighted by Crippen LogP contribution is 2.35. The lowest BCUT2D eigenvalue weighted by Gasteiger charge is -2.32. The average molecular weight is 235 g/mol. The molecule has 1 unspecified atom stereocenters. The summed E-state index contributed by atoms with van der Waals surface area (Å²) in [7, 11) is 2.12. The van der Waals surface area contributed by atoms with Crippen LogP contribution in [0.3, 0.4) is 0 Å². The van der Waals surface area contributed by atoms with E-state index in [4.69, 9.17) is 4.74 Å². The summed E-state index contributed by atoms with van der Waals surface area (Å²) in [5, 5.41) is 9.61. The average Bonchev–Trinajstić information content (AvgIpc) is 2.52. The van der Waals surface area contributed by atoms with E-state index in [0.29, 0.717) is 5.75 Å². The molecule has 1 heterocycles. The Morgan fingerprint density at radius 2 is 2.24 bits per heavy atom. The molecule has 0 aliphatic carbocycles. The van der Waals surface area contributed by atoms with Crippen molar-refractivity contribution in [3.63, 3.8) is 0 Å². The van der Waals surface area contributed by atoms with Gasteiger partial charge in [0.15, 0.2) is 0 Å². The van der Waals surface area contributed by atoms with Gasteiger partial charge < -0.3 is 14.7 Å². The molecule has 3 heteroatoms. The number of likely N-dealkylation sites (N-methyl/N-ethyl adjacent to an activating group) is 1. The lowest BCUT2D eigenvalue weighted by Crippen LogP contribution is -2.29. The number of phenolic OH excluding ortho intramolecular Hbond substituents is 1. The molecule has 1 aliphatic heterocycles. The summed E-state index contributed by atoms with van der Waals surface area (Å²) in [4.78, 5) is 2.29. The fourth-order valence-corrected chi connectivity index (χ4v) is 2.45. The van der Waals surface area contributed by atoms with Gasteiger partial charge in [0, 0.05) is 13.1 Å². The van der Waals surface area contributed by atoms with Crippen molar-refractivity contribution in [1.29, 1.82) is 0 Å². The van der Waals surface area contributed by atoms with Crippen molar-refractivity contribution >= 4 is 0 Å². The molecule has 0 aromatic heterocycles. The monoisotopic (exact) mass is 235 g/mol. The van der Waals surface area contributed by atoms with Crippen LogP contribution in [0.25, 0.3) is 0 Å². The molecular weight excluding hydrogens is 214 g/mol. The van der Waals surface area contributed by atoms with Gasteiger partial charge in [-0.3, -0.25) is 0 Å². The van der Waals surface area contributed by atoms with Gasteiger partial charge in [0.05, 0.1) is 12.2 Å². The number of ether oxygens (including phenoxy) is 1. The number of benzene rings is 1. The molecule has 1 N–H and O–H groups in total. The highest BCUT2D eigenvalue weighted by molar-refractivity contribution is 5.31. The van der Waals surface area contributed by atoms with Crippen LogP contribution < -0.4 is 0 Å². The minimum Gasteiger partial charge on any atom is -0.508 e. The SMILES string of the molecule is CCC1(c2cccc(O)c2)CCN(C)CCO1. The van der Waals surface area contributed by atoms with Gasteiger partial charge >= 0.3 is 0 Å². The molecular formula is C14H21NO2. The summed E-state index contributed by atoms with van der Waals surface area (Å²) < 4.78 is 6.10. The zero-order valence-corrected chi connectivity index (χ0v) is 10.6. The van der Waals surface area contributed by atoms with E-state index < -0.39 is 0 Å². The number of phenols is 1. The van der Waals surface area contributed by atoms with Crippen LogP contribution >= 0.6 is 0 Å². The molecule has 17 heavy (non-hydrogen) atoms. The molecule has 0 amide bonds. The van der Waals surface area contributed by atoms with Gasteiger partial charge in [0.2, 0.25) is 0 Å². The van der Waals surface area contributed by atoms with Gasteiger partial charge in [-0.05, 0) is 37.6 Å². The molecule has 0 radical (unpaired) electrons. The molecule has 1 saturated heterocycles. The second-order valence-corrected chi connectivity index (χ2v) is 4.80. The van der Waals surface area contributed by atoms with Crippen molar-refractivity contribution in [2.24, 2.45) is 0 Å². The maximum absolute atomic E-state index is 9.61. The van der Waals surface area contributed by atoms with E-state index in [0.717, 1.165) is 38.1 Å². The van der Waals surface area contributed by atoms with Crippen LogP contribution in [-0.4, -0.2) is 36.8 Å². The van der Waals surface area contributed by atoms with E-state index in [1.807, 2.05) is 12.1 Å². The highest BCUT2D eigenvalue weighted by Gasteiger charge is 2.33. The van der Waals surface area contributed by atoms with Gasteiger partial charge in [-0.15, -0.1) is 0 Å². The molecule has 0 spiro atoms. The smallest absolute Gasteiger partial charge is 0.115 e. The predicted molar refractivity (Wildman–Crippen MR) is 68.1 cm³/mol. The molecule has 0 saturated carbocycles. The molecule has 1 atom stereocenters. The Kier molecular flexibility index (Phi) is 3.69. The van der Waals surface area contributed by atoms with Crippen molar-refractivity contribution in [1.82, 2.24) is 4.90 Å². The van der Waals surface area contributed by atoms with Crippen LogP contribution in [0.2, 0.25) is 0 Å². The number of rotatable bonds is 2. The number of hydrogen-bond donors (Lipinski definition) is 1. The van der Waals surface area contributed by atoms with E-state index in [2.05, 4.69) is 24.9 Å². The summed E-state index contributed by atoms with van der Waals surface area (Å²) in [5.41, 5.74) is 0.860. The number of aromatic hydroxyl groups is 1. The van der Waals surface area contributed by atoms with E-state index >= 15 is 0 Å².